The highest BCUT2D eigenvalue weighted by molar-refractivity contribution is 5.77. The normalized spacial score (nSPS) is 12.7. The molecule has 15 heavy (non-hydrogen) atoms. The number of aromatic hydroxyl groups is 2. The number of hydrogen-bond donors (Lipinski definition) is 3. The predicted molar refractivity (Wildman–Crippen MR) is 55.0 cm³/mol. The van der Waals surface area contributed by atoms with E-state index in [1.807, 2.05) is 0 Å². The van der Waals surface area contributed by atoms with E-state index in [0.29, 0.717) is 5.56 Å². The van der Waals surface area contributed by atoms with Crippen LogP contribution in [0.2, 0.25) is 0 Å². The lowest BCUT2D eigenvalue weighted by Gasteiger charge is -2.17. The van der Waals surface area contributed by atoms with Crippen molar-refractivity contribution in [2.45, 2.75) is 19.8 Å². The van der Waals surface area contributed by atoms with Gasteiger partial charge in [-0.05, 0) is 12.0 Å². The zero-order chi connectivity index (χ0) is 11.6. The first kappa shape index (κ1) is 11.4. The largest absolute Gasteiger partial charge is 0.508 e. The van der Waals surface area contributed by atoms with E-state index in [1.54, 1.807) is 13.8 Å². The van der Waals surface area contributed by atoms with E-state index < -0.39 is 11.9 Å². The highest BCUT2D eigenvalue weighted by Gasteiger charge is 2.26. The number of rotatable bonds is 3. The molecule has 3 N–H and O–H groups in total. The summed E-state index contributed by atoms with van der Waals surface area (Å²) in [6, 6.07) is 3.95. The Labute approximate surface area is 87.8 Å². The fourth-order valence-electron chi connectivity index (χ4n) is 1.57. The molecule has 0 spiro atoms. The van der Waals surface area contributed by atoms with Crippen molar-refractivity contribution in [2.75, 3.05) is 0 Å². The minimum atomic E-state index is -0.981. The van der Waals surface area contributed by atoms with Crippen LogP contribution in [0.15, 0.2) is 18.2 Å². The summed E-state index contributed by atoms with van der Waals surface area (Å²) in [5.74, 6) is -2.13. The number of carboxylic acids is 1. The van der Waals surface area contributed by atoms with Gasteiger partial charge in [0.2, 0.25) is 0 Å². The number of aliphatic carboxylic acids is 1. The molecule has 4 heteroatoms. The average Bonchev–Trinajstić information content (AvgIpc) is 2.08. The van der Waals surface area contributed by atoms with Crippen LogP contribution in [0.5, 0.6) is 11.5 Å². The summed E-state index contributed by atoms with van der Waals surface area (Å²) >= 11 is 0. The van der Waals surface area contributed by atoms with Gasteiger partial charge in [0.05, 0.1) is 5.92 Å². The fourth-order valence-corrected chi connectivity index (χ4v) is 1.57. The summed E-state index contributed by atoms with van der Waals surface area (Å²) in [7, 11) is 0. The van der Waals surface area contributed by atoms with E-state index in [0.717, 1.165) is 6.07 Å². The Morgan fingerprint density at radius 2 is 1.87 bits per heavy atom. The molecule has 1 aromatic rings. The van der Waals surface area contributed by atoms with Gasteiger partial charge < -0.3 is 15.3 Å². The van der Waals surface area contributed by atoms with Crippen LogP contribution in [0.3, 0.4) is 0 Å². The lowest BCUT2D eigenvalue weighted by molar-refractivity contribution is -0.139. The van der Waals surface area contributed by atoms with E-state index in [4.69, 9.17) is 10.2 Å². The van der Waals surface area contributed by atoms with Crippen LogP contribution in [0.25, 0.3) is 0 Å². The molecule has 1 aromatic carbocycles. The Hall–Kier alpha value is -1.71. The topological polar surface area (TPSA) is 77.8 Å². The van der Waals surface area contributed by atoms with Crippen molar-refractivity contribution in [1.82, 2.24) is 0 Å². The van der Waals surface area contributed by atoms with Crippen LogP contribution in [-0.2, 0) is 4.79 Å². The van der Waals surface area contributed by atoms with Crippen LogP contribution in [0.4, 0.5) is 0 Å². The Morgan fingerprint density at radius 1 is 1.27 bits per heavy atom. The summed E-state index contributed by atoms with van der Waals surface area (Å²) in [6.45, 7) is 3.54. The Morgan fingerprint density at radius 3 is 2.27 bits per heavy atom. The maximum atomic E-state index is 11.0. The molecule has 0 radical (unpaired) electrons. The van der Waals surface area contributed by atoms with Gasteiger partial charge >= 0.3 is 5.97 Å². The summed E-state index contributed by atoms with van der Waals surface area (Å²) in [5.41, 5.74) is 0.329. The van der Waals surface area contributed by atoms with Gasteiger partial charge in [0, 0.05) is 11.6 Å². The number of phenolic OH excluding ortho intramolecular Hbond substituents is 2. The fraction of sp³-hybridized carbons (Fsp3) is 0.364. The summed E-state index contributed by atoms with van der Waals surface area (Å²) in [4.78, 5) is 11.0. The van der Waals surface area contributed by atoms with E-state index in [2.05, 4.69) is 0 Å². The summed E-state index contributed by atoms with van der Waals surface area (Å²) < 4.78 is 0. The van der Waals surface area contributed by atoms with Gasteiger partial charge in [-0.1, -0.05) is 19.9 Å². The van der Waals surface area contributed by atoms with Gasteiger partial charge in [0.15, 0.2) is 0 Å². The van der Waals surface area contributed by atoms with Crippen molar-refractivity contribution in [3.05, 3.63) is 23.8 Å². The second-order valence-corrected chi connectivity index (χ2v) is 3.80. The zero-order valence-electron chi connectivity index (χ0n) is 8.64. The molecule has 1 rings (SSSR count). The molecular weight excluding hydrogens is 196 g/mol. The minimum absolute atomic E-state index is 0.0795. The summed E-state index contributed by atoms with van der Waals surface area (Å²) in [5, 5.41) is 27.6. The van der Waals surface area contributed by atoms with Crippen molar-refractivity contribution in [2.24, 2.45) is 5.92 Å². The first-order valence-corrected chi connectivity index (χ1v) is 4.68. The number of carboxylic acid groups (broad SMARTS) is 1. The number of benzene rings is 1. The second kappa shape index (κ2) is 4.21. The smallest absolute Gasteiger partial charge is 0.311 e. The average molecular weight is 210 g/mol. The molecule has 1 unspecified atom stereocenters. The molecule has 82 valence electrons. The minimum Gasteiger partial charge on any atom is -0.508 e. The third kappa shape index (κ3) is 2.40. The summed E-state index contributed by atoms with van der Waals surface area (Å²) in [6.07, 6.45) is 0. The quantitative estimate of drug-likeness (QED) is 0.712. The van der Waals surface area contributed by atoms with Gasteiger partial charge in [0.25, 0.3) is 0 Å². The molecule has 0 bridgehead atoms. The Kier molecular flexibility index (Phi) is 3.19. The lowest BCUT2D eigenvalue weighted by atomic mass is 9.88. The van der Waals surface area contributed by atoms with Crippen molar-refractivity contribution >= 4 is 5.97 Å². The molecule has 0 aliphatic heterocycles. The molecule has 1 atom stereocenters. The SMILES string of the molecule is CC(C)C(C(=O)O)c1ccc(O)cc1O. The molecule has 0 fully saturated rings. The predicted octanol–water partition coefficient (Wildman–Crippen LogP) is 1.92. The van der Waals surface area contributed by atoms with Crippen molar-refractivity contribution in [1.29, 1.82) is 0 Å². The van der Waals surface area contributed by atoms with Crippen molar-refractivity contribution < 1.29 is 20.1 Å². The maximum Gasteiger partial charge on any atom is 0.311 e. The highest BCUT2D eigenvalue weighted by Crippen LogP contribution is 2.33. The number of phenols is 2. The standard InChI is InChI=1S/C11H14O4/c1-6(2)10(11(14)15)8-4-3-7(12)5-9(8)13/h3-6,10,12-13H,1-2H3,(H,14,15). The third-order valence-electron chi connectivity index (χ3n) is 2.28. The Balaban J connectivity index is 3.17. The molecule has 0 amide bonds. The van der Waals surface area contributed by atoms with E-state index in [9.17, 15) is 9.90 Å². The third-order valence-corrected chi connectivity index (χ3v) is 2.28. The molecule has 0 saturated carbocycles. The molecule has 4 nitrogen and oxygen atoms in total. The van der Waals surface area contributed by atoms with Gasteiger partial charge in [-0.2, -0.15) is 0 Å². The molecule has 0 aromatic heterocycles. The van der Waals surface area contributed by atoms with Gasteiger partial charge in [-0.15, -0.1) is 0 Å². The van der Waals surface area contributed by atoms with Crippen LogP contribution in [0, 0.1) is 5.92 Å². The van der Waals surface area contributed by atoms with Gasteiger partial charge in [-0.25, -0.2) is 0 Å². The van der Waals surface area contributed by atoms with Crippen LogP contribution >= 0.6 is 0 Å². The van der Waals surface area contributed by atoms with Gasteiger partial charge in [-0.3, -0.25) is 4.79 Å². The number of carbonyl (C=O) groups is 1. The molecule has 0 aliphatic carbocycles. The van der Waals surface area contributed by atoms with E-state index in [1.165, 1.54) is 12.1 Å². The van der Waals surface area contributed by atoms with E-state index >= 15 is 0 Å². The van der Waals surface area contributed by atoms with Gasteiger partial charge in [0.1, 0.15) is 11.5 Å². The second-order valence-electron chi connectivity index (χ2n) is 3.80. The van der Waals surface area contributed by atoms with E-state index in [-0.39, 0.29) is 17.4 Å². The molecule has 0 saturated heterocycles. The first-order chi connectivity index (χ1) is 6.93. The van der Waals surface area contributed by atoms with Crippen LogP contribution < -0.4 is 0 Å². The van der Waals surface area contributed by atoms with Crippen LogP contribution in [0.1, 0.15) is 25.3 Å². The molecule has 0 heterocycles. The highest BCUT2D eigenvalue weighted by atomic mass is 16.4. The monoisotopic (exact) mass is 210 g/mol. The molecular formula is C11H14O4. The number of hydrogen-bond acceptors (Lipinski definition) is 3. The lowest BCUT2D eigenvalue weighted by Crippen LogP contribution is -2.17. The zero-order valence-corrected chi connectivity index (χ0v) is 8.64. The molecule has 0 aliphatic rings. The van der Waals surface area contributed by atoms with Crippen LogP contribution in [-0.4, -0.2) is 21.3 Å². The first-order valence-electron chi connectivity index (χ1n) is 4.68. The Bertz CT molecular complexity index is 371. The maximum absolute atomic E-state index is 11.0. The van der Waals surface area contributed by atoms with Crippen molar-refractivity contribution in [3.8, 4) is 11.5 Å². The van der Waals surface area contributed by atoms with Crippen molar-refractivity contribution in [3.63, 3.8) is 0 Å².